The molecule has 1 aromatic carbocycles. The van der Waals surface area contributed by atoms with Gasteiger partial charge in [0.05, 0.1) is 12.1 Å². The van der Waals surface area contributed by atoms with E-state index in [-0.39, 0.29) is 23.5 Å². The van der Waals surface area contributed by atoms with Gasteiger partial charge in [-0.3, -0.25) is 9.69 Å². The van der Waals surface area contributed by atoms with Crippen molar-refractivity contribution in [1.82, 2.24) is 10.2 Å². The van der Waals surface area contributed by atoms with Crippen LogP contribution in [0.3, 0.4) is 0 Å². The minimum Gasteiger partial charge on any atom is -0.484 e. The molecule has 0 spiro atoms. The van der Waals surface area contributed by atoms with Gasteiger partial charge in [-0.2, -0.15) is 11.3 Å². The number of nitrogens with zero attached hydrogens (tertiary/aromatic N) is 1. The van der Waals surface area contributed by atoms with E-state index in [9.17, 15) is 9.90 Å². The zero-order chi connectivity index (χ0) is 23.5. The third-order valence-electron chi connectivity index (χ3n) is 8.96. The first-order valence-electron chi connectivity index (χ1n) is 12.8. The second kappa shape index (κ2) is 8.35. The molecule has 4 atom stereocenters. The molecule has 4 aliphatic carbocycles. The number of benzene rings is 1. The van der Waals surface area contributed by atoms with Crippen LogP contribution >= 0.6 is 11.3 Å². The fourth-order valence-electron chi connectivity index (χ4n) is 7.86. The Morgan fingerprint density at radius 2 is 2.06 bits per heavy atom. The number of nitrogens with one attached hydrogen (secondary N) is 1. The Morgan fingerprint density at radius 1 is 1.26 bits per heavy atom. The van der Waals surface area contributed by atoms with Crippen LogP contribution in [0.2, 0.25) is 0 Å². The highest BCUT2D eigenvalue weighted by molar-refractivity contribution is 7.07. The molecule has 5 aliphatic rings. The second-order valence-electron chi connectivity index (χ2n) is 11.8. The number of hydrogen-bond donors (Lipinski definition) is 2. The number of hydrogen-bond acceptors (Lipinski definition) is 5. The fraction of sp³-hybridized carbons (Fsp3) is 0.607. The number of carbonyl (C=O) groups excluding carboxylic acids is 1. The summed E-state index contributed by atoms with van der Waals surface area (Å²) in [5.74, 6) is 2.24. The average molecular weight is 481 g/mol. The Kier molecular flexibility index (Phi) is 5.54. The lowest BCUT2D eigenvalue weighted by Gasteiger charge is -2.62. The lowest BCUT2D eigenvalue weighted by Crippen LogP contribution is -2.62. The number of aliphatic hydroxyl groups is 1. The van der Waals surface area contributed by atoms with Gasteiger partial charge in [0.15, 0.2) is 0 Å². The highest BCUT2D eigenvalue weighted by atomic mass is 32.1. The first-order chi connectivity index (χ1) is 16.3. The Labute approximate surface area is 206 Å². The molecule has 2 N–H and O–H groups in total. The van der Waals surface area contributed by atoms with Crippen LogP contribution in [0.5, 0.6) is 5.75 Å². The number of ether oxygens (including phenoxy) is 1. The molecule has 4 saturated carbocycles. The van der Waals surface area contributed by atoms with Crippen molar-refractivity contribution in [2.75, 3.05) is 13.1 Å². The number of rotatable bonds is 5. The number of thiophene rings is 1. The third kappa shape index (κ3) is 4.18. The average Bonchev–Trinajstić information content (AvgIpc) is 3.22. The molecule has 0 radical (unpaired) electrons. The summed E-state index contributed by atoms with van der Waals surface area (Å²) in [6, 6.07) is 8.53. The van der Waals surface area contributed by atoms with Gasteiger partial charge in [0.2, 0.25) is 5.91 Å². The standard InChI is InChI=1S/C28H36N2O3S/c1-18-3-4-24-23(7-18)13-30(14-25(33-24)22-5-6-34-16-22)15-26(31)29-19(2)27-9-20-8-21(10-27)12-28(32,11-20)17-27/h3-7,16,19-21,25,32H,8-15,17H2,1-2H3,(H,29,31)/t19-,20+,21+,25+,27?,28?/m0/s1. The molecule has 4 bridgehead atoms. The molecule has 4 fully saturated rings. The largest absolute Gasteiger partial charge is 0.484 e. The van der Waals surface area contributed by atoms with E-state index in [1.165, 1.54) is 17.5 Å². The molecule has 1 amide bonds. The second-order valence-corrected chi connectivity index (χ2v) is 12.6. The summed E-state index contributed by atoms with van der Waals surface area (Å²) in [4.78, 5) is 15.5. The lowest BCUT2D eigenvalue weighted by atomic mass is 9.46. The summed E-state index contributed by atoms with van der Waals surface area (Å²) < 4.78 is 6.43. The zero-order valence-electron chi connectivity index (χ0n) is 20.3. The first-order valence-corrected chi connectivity index (χ1v) is 13.8. The molecular weight excluding hydrogens is 444 g/mol. The predicted octanol–water partition coefficient (Wildman–Crippen LogP) is 4.83. The van der Waals surface area contributed by atoms with Crippen molar-refractivity contribution >= 4 is 17.2 Å². The van der Waals surface area contributed by atoms with Gasteiger partial charge >= 0.3 is 0 Å². The van der Waals surface area contributed by atoms with Crippen LogP contribution < -0.4 is 10.1 Å². The Bertz CT molecular complexity index is 1050. The molecule has 0 saturated heterocycles. The first kappa shape index (κ1) is 22.6. The number of aryl methyl sites for hydroxylation is 1. The van der Waals surface area contributed by atoms with E-state index in [1.54, 1.807) is 11.3 Å². The molecule has 6 heteroatoms. The fourth-order valence-corrected chi connectivity index (χ4v) is 8.57. The maximum atomic E-state index is 13.3. The van der Waals surface area contributed by atoms with Crippen molar-refractivity contribution in [2.24, 2.45) is 17.3 Å². The molecule has 182 valence electrons. The van der Waals surface area contributed by atoms with Gasteiger partial charge in [0.25, 0.3) is 0 Å². The normalized spacial score (nSPS) is 35.3. The van der Waals surface area contributed by atoms with Crippen LogP contribution in [0.25, 0.3) is 0 Å². The number of carbonyl (C=O) groups is 1. The Hall–Kier alpha value is -1.89. The van der Waals surface area contributed by atoms with E-state index in [2.05, 4.69) is 59.1 Å². The maximum absolute atomic E-state index is 13.3. The van der Waals surface area contributed by atoms with Gasteiger partial charge < -0.3 is 15.2 Å². The van der Waals surface area contributed by atoms with Crippen molar-refractivity contribution in [3.05, 3.63) is 51.7 Å². The summed E-state index contributed by atoms with van der Waals surface area (Å²) in [5.41, 5.74) is 3.06. The van der Waals surface area contributed by atoms with Gasteiger partial charge in [0.1, 0.15) is 11.9 Å². The molecular formula is C28H36N2O3S. The molecule has 34 heavy (non-hydrogen) atoms. The van der Waals surface area contributed by atoms with Crippen molar-refractivity contribution in [1.29, 1.82) is 0 Å². The van der Waals surface area contributed by atoms with Crippen LogP contribution in [0, 0.1) is 24.2 Å². The van der Waals surface area contributed by atoms with Crippen molar-refractivity contribution in [3.63, 3.8) is 0 Å². The number of amides is 1. The molecule has 7 rings (SSSR count). The van der Waals surface area contributed by atoms with E-state index in [1.807, 2.05) is 0 Å². The monoisotopic (exact) mass is 480 g/mol. The van der Waals surface area contributed by atoms with E-state index in [0.29, 0.717) is 31.5 Å². The van der Waals surface area contributed by atoms with E-state index in [0.717, 1.165) is 43.4 Å². The number of fused-ring (bicyclic) bond motifs is 1. The topological polar surface area (TPSA) is 61.8 Å². The summed E-state index contributed by atoms with van der Waals surface area (Å²) in [6.45, 7) is 6.01. The summed E-state index contributed by atoms with van der Waals surface area (Å²) in [7, 11) is 0. The van der Waals surface area contributed by atoms with E-state index in [4.69, 9.17) is 4.74 Å². The minimum absolute atomic E-state index is 0.0549. The van der Waals surface area contributed by atoms with Gasteiger partial charge in [-0.1, -0.05) is 17.7 Å². The van der Waals surface area contributed by atoms with Gasteiger partial charge in [-0.15, -0.1) is 0 Å². The van der Waals surface area contributed by atoms with Crippen molar-refractivity contribution in [3.8, 4) is 5.75 Å². The third-order valence-corrected chi connectivity index (χ3v) is 9.66. The molecule has 5 nitrogen and oxygen atoms in total. The smallest absolute Gasteiger partial charge is 0.234 e. The summed E-state index contributed by atoms with van der Waals surface area (Å²) in [5, 5.41) is 18.7. The van der Waals surface area contributed by atoms with Crippen LogP contribution in [0.4, 0.5) is 0 Å². The minimum atomic E-state index is -0.499. The van der Waals surface area contributed by atoms with E-state index >= 15 is 0 Å². The summed E-state index contributed by atoms with van der Waals surface area (Å²) >= 11 is 1.68. The molecule has 2 aromatic rings. The van der Waals surface area contributed by atoms with Gasteiger partial charge in [0, 0.05) is 30.3 Å². The highest BCUT2D eigenvalue weighted by Gasteiger charge is 2.59. The van der Waals surface area contributed by atoms with Crippen LogP contribution in [0.1, 0.15) is 68.2 Å². The maximum Gasteiger partial charge on any atom is 0.234 e. The zero-order valence-corrected chi connectivity index (χ0v) is 21.1. The Morgan fingerprint density at radius 3 is 2.76 bits per heavy atom. The van der Waals surface area contributed by atoms with Gasteiger partial charge in [-0.05, 0) is 92.5 Å². The molecule has 1 aliphatic heterocycles. The van der Waals surface area contributed by atoms with Crippen LogP contribution in [0.15, 0.2) is 35.0 Å². The van der Waals surface area contributed by atoms with Crippen LogP contribution in [-0.4, -0.2) is 40.6 Å². The lowest BCUT2D eigenvalue weighted by molar-refractivity contribution is -0.173. The van der Waals surface area contributed by atoms with Crippen molar-refractivity contribution < 1.29 is 14.6 Å². The highest BCUT2D eigenvalue weighted by Crippen LogP contribution is 2.62. The van der Waals surface area contributed by atoms with E-state index < -0.39 is 5.60 Å². The SMILES string of the molecule is Cc1ccc2c(c1)CN(CC(=O)N[C@@H](C)C13C[C@H]4C[C@@H](CC(O)(C4)C1)C3)C[C@H](c1ccsc1)O2. The molecule has 1 aromatic heterocycles. The Balaban J connectivity index is 1.17. The predicted molar refractivity (Wildman–Crippen MR) is 134 cm³/mol. The van der Waals surface area contributed by atoms with Crippen molar-refractivity contribution in [2.45, 2.75) is 76.7 Å². The summed E-state index contributed by atoms with van der Waals surface area (Å²) in [6.07, 6.45) is 6.25. The van der Waals surface area contributed by atoms with Gasteiger partial charge in [-0.25, -0.2) is 0 Å². The van der Waals surface area contributed by atoms with Crippen LogP contribution in [-0.2, 0) is 11.3 Å². The molecule has 2 heterocycles. The molecule has 0 unspecified atom stereocenters. The quantitative estimate of drug-likeness (QED) is 0.644.